The molecule has 19 nitrogen and oxygen atoms in total. The number of phosphoric acid groups is 2. The van der Waals surface area contributed by atoms with Gasteiger partial charge in [-0.15, -0.1) is 0 Å². The maximum Gasteiger partial charge on any atom is 0.483 e. The fourth-order valence-electron chi connectivity index (χ4n) is 3.34. The minimum Gasteiger partial charge on any atom is -0.394 e. The summed E-state index contributed by atoms with van der Waals surface area (Å²) in [4.78, 5) is 35.0. The fraction of sp³-hybridized carbons (Fsp3) is 0.733. The average Bonchev–Trinajstić information content (AvgIpc) is 3.06. The second-order valence-electron chi connectivity index (χ2n) is 7.71. The van der Waals surface area contributed by atoms with E-state index in [1.807, 2.05) is 0 Å². The number of phosphoric ester groups is 2. The Balaban J connectivity index is 1.61. The quantitative estimate of drug-likeness (QED) is 0.127. The first kappa shape index (κ1) is 29.2. The van der Waals surface area contributed by atoms with E-state index in [1.165, 1.54) is 6.07 Å². The smallest absolute Gasteiger partial charge is 0.394 e. The standard InChI is InChI=1S/C15H25N3O16P2/c16-7-1-2-18(15(25)17-7)13-11(23)9(21)6(31-13)4-30-35(26,27)34-36(28,29)33-14-12(24)10(22)8(20)5(3-19)32-14/h1-2,5-6,8-14,19-24H,3-4H2,(H,26,27)(H,28,29)(H2,16,17,25)/t5-,6-,8+,9+,10+,11+,12-,13+,14+/m1/s1. The molecule has 36 heavy (non-hydrogen) atoms. The Labute approximate surface area is 201 Å². The SMILES string of the molecule is Nc1ccn([C@H]2O[C@H](COP(=O)(O)OP(=O)(O)O[C@@H]3O[C@H](CO)[C@H](O)[C@H](O)[C@H]3O)[C@H](O)[C@@H]2O)c(=O)n1. The van der Waals surface area contributed by atoms with Crippen LogP contribution >= 0.6 is 15.6 Å². The Kier molecular flexibility index (Phi) is 9.05. The van der Waals surface area contributed by atoms with Crippen molar-refractivity contribution >= 4 is 21.5 Å². The van der Waals surface area contributed by atoms with Crippen LogP contribution in [0.25, 0.3) is 0 Å². The van der Waals surface area contributed by atoms with Crippen molar-refractivity contribution in [1.82, 2.24) is 9.55 Å². The van der Waals surface area contributed by atoms with Crippen molar-refractivity contribution in [2.24, 2.45) is 0 Å². The van der Waals surface area contributed by atoms with Gasteiger partial charge in [0.15, 0.2) is 12.5 Å². The number of hydrogen-bond donors (Lipinski definition) is 9. The number of ether oxygens (including phenoxy) is 2. The lowest BCUT2D eigenvalue weighted by Gasteiger charge is -2.39. The number of aromatic nitrogens is 2. The van der Waals surface area contributed by atoms with Crippen LogP contribution in [0.4, 0.5) is 5.82 Å². The van der Waals surface area contributed by atoms with Gasteiger partial charge in [0.2, 0.25) is 0 Å². The first-order valence-electron chi connectivity index (χ1n) is 10.0. The highest BCUT2D eigenvalue weighted by molar-refractivity contribution is 7.61. The lowest BCUT2D eigenvalue weighted by Crippen LogP contribution is -2.58. The van der Waals surface area contributed by atoms with Gasteiger partial charge in [-0.05, 0) is 6.07 Å². The summed E-state index contributed by atoms with van der Waals surface area (Å²) < 4.78 is 48.3. The molecule has 206 valence electrons. The van der Waals surface area contributed by atoms with Crippen LogP contribution in [-0.4, -0.2) is 112 Å². The summed E-state index contributed by atoms with van der Waals surface area (Å²) in [6.45, 7) is -1.89. The minimum atomic E-state index is -5.58. The Morgan fingerprint density at radius 2 is 1.61 bits per heavy atom. The summed E-state index contributed by atoms with van der Waals surface area (Å²) >= 11 is 0. The van der Waals surface area contributed by atoms with Gasteiger partial charge in [-0.1, -0.05) is 0 Å². The predicted molar refractivity (Wildman–Crippen MR) is 110 cm³/mol. The summed E-state index contributed by atoms with van der Waals surface area (Å²) in [5.41, 5.74) is 4.44. The molecule has 2 aliphatic rings. The molecule has 1 aromatic rings. The average molecular weight is 565 g/mol. The van der Waals surface area contributed by atoms with E-state index in [0.717, 1.165) is 10.8 Å². The van der Waals surface area contributed by atoms with Crippen LogP contribution in [-0.2, 0) is 32.0 Å². The molecule has 0 saturated carbocycles. The van der Waals surface area contributed by atoms with Gasteiger partial charge in [0.05, 0.1) is 13.2 Å². The molecule has 0 aliphatic carbocycles. The van der Waals surface area contributed by atoms with E-state index >= 15 is 0 Å². The summed E-state index contributed by atoms with van der Waals surface area (Å²) in [5.74, 6) is -0.123. The first-order chi connectivity index (χ1) is 16.7. The largest absolute Gasteiger partial charge is 0.483 e. The second kappa shape index (κ2) is 11.2. The van der Waals surface area contributed by atoms with Crippen LogP contribution in [0.2, 0.25) is 0 Å². The highest BCUT2D eigenvalue weighted by Crippen LogP contribution is 2.61. The summed E-state index contributed by atoms with van der Waals surface area (Å²) in [6.07, 6.45) is -15.0. The second-order valence-corrected chi connectivity index (χ2v) is 10.7. The van der Waals surface area contributed by atoms with Crippen molar-refractivity contribution in [2.45, 2.75) is 55.2 Å². The number of aliphatic hydroxyl groups is 6. The number of rotatable bonds is 9. The van der Waals surface area contributed by atoms with Gasteiger partial charge in [0.25, 0.3) is 0 Å². The van der Waals surface area contributed by atoms with Crippen LogP contribution in [0.5, 0.6) is 0 Å². The monoisotopic (exact) mass is 565 g/mol. The van der Waals surface area contributed by atoms with Crippen molar-refractivity contribution in [3.8, 4) is 0 Å². The first-order valence-corrected chi connectivity index (χ1v) is 13.0. The van der Waals surface area contributed by atoms with Gasteiger partial charge in [0.1, 0.15) is 48.5 Å². The molecule has 2 aliphatic heterocycles. The van der Waals surface area contributed by atoms with Crippen LogP contribution in [0.3, 0.4) is 0 Å². The van der Waals surface area contributed by atoms with Crippen LogP contribution < -0.4 is 11.4 Å². The molecule has 3 heterocycles. The van der Waals surface area contributed by atoms with Crippen molar-refractivity contribution < 1.29 is 72.4 Å². The fourth-order valence-corrected chi connectivity index (χ4v) is 5.50. The molecular formula is C15H25N3O16P2. The van der Waals surface area contributed by atoms with E-state index in [-0.39, 0.29) is 5.82 Å². The van der Waals surface area contributed by atoms with Gasteiger partial charge in [-0.2, -0.15) is 9.29 Å². The topological polar surface area (TPSA) is 303 Å². The molecule has 0 aromatic carbocycles. The maximum atomic E-state index is 12.2. The maximum absolute atomic E-state index is 12.2. The number of nitrogen functional groups attached to an aromatic ring is 1. The van der Waals surface area contributed by atoms with Gasteiger partial charge < -0.3 is 55.6 Å². The Bertz CT molecular complexity index is 1070. The highest BCUT2D eigenvalue weighted by atomic mass is 31.3. The zero-order valence-corrected chi connectivity index (χ0v) is 19.8. The molecule has 3 rings (SSSR count). The zero-order chi connectivity index (χ0) is 27.0. The van der Waals surface area contributed by atoms with E-state index in [1.54, 1.807) is 0 Å². The third-order valence-corrected chi connectivity index (χ3v) is 7.76. The van der Waals surface area contributed by atoms with Crippen molar-refractivity contribution in [1.29, 1.82) is 0 Å². The predicted octanol–water partition coefficient (Wildman–Crippen LogP) is -4.50. The van der Waals surface area contributed by atoms with Gasteiger partial charge >= 0.3 is 21.3 Å². The summed E-state index contributed by atoms with van der Waals surface area (Å²) in [6, 6.07) is 1.21. The van der Waals surface area contributed by atoms with E-state index < -0.39 is 89.8 Å². The van der Waals surface area contributed by atoms with Crippen molar-refractivity contribution in [3.05, 3.63) is 22.7 Å². The molecule has 0 amide bonds. The molecule has 0 bridgehead atoms. The highest BCUT2D eigenvalue weighted by Gasteiger charge is 2.49. The van der Waals surface area contributed by atoms with Gasteiger partial charge in [-0.3, -0.25) is 13.6 Å². The molecular weight excluding hydrogens is 540 g/mol. The van der Waals surface area contributed by atoms with Crippen LogP contribution in [0.15, 0.2) is 17.1 Å². The van der Waals surface area contributed by atoms with Crippen LogP contribution in [0, 0.1) is 0 Å². The van der Waals surface area contributed by atoms with Crippen LogP contribution in [0.1, 0.15) is 6.23 Å². The molecule has 2 fully saturated rings. The Hall–Kier alpha value is -1.38. The number of nitrogens with two attached hydrogens (primary N) is 1. The van der Waals surface area contributed by atoms with E-state index in [4.69, 9.17) is 20.3 Å². The number of hydrogen-bond acceptors (Lipinski definition) is 16. The number of anilines is 1. The zero-order valence-electron chi connectivity index (χ0n) is 18.0. The third-order valence-electron chi connectivity index (χ3n) is 5.16. The normalized spacial score (nSPS) is 38.4. The van der Waals surface area contributed by atoms with Crippen molar-refractivity contribution in [3.63, 3.8) is 0 Å². The number of nitrogens with zero attached hydrogens (tertiary/aromatic N) is 2. The molecule has 1 aromatic heterocycles. The lowest BCUT2D eigenvalue weighted by atomic mass is 10.00. The van der Waals surface area contributed by atoms with E-state index in [0.29, 0.717) is 0 Å². The van der Waals surface area contributed by atoms with E-state index in [9.17, 15) is 49.2 Å². The Morgan fingerprint density at radius 1 is 0.972 bits per heavy atom. The van der Waals surface area contributed by atoms with Crippen molar-refractivity contribution in [2.75, 3.05) is 18.9 Å². The third kappa shape index (κ3) is 6.54. The Morgan fingerprint density at radius 3 is 2.22 bits per heavy atom. The van der Waals surface area contributed by atoms with Gasteiger partial charge in [-0.25, -0.2) is 13.9 Å². The summed E-state index contributed by atoms with van der Waals surface area (Å²) in [7, 11) is -11.0. The molecule has 10 N–H and O–H groups in total. The molecule has 0 radical (unpaired) electrons. The molecule has 0 spiro atoms. The minimum absolute atomic E-state index is 0.123. The summed E-state index contributed by atoms with van der Waals surface area (Å²) in [5, 5.41) is 58.7. The molecule has 2 saturated heterocycles. The number of aliphatic hydroxyl groups excluding tert-OH is 6. The molecule has 21 heteroatoms. The van der Waals surface area contributed by atoms with E-state index in [2.05, 4.69) is 18.3 Å². The lowest BCUT2D eigenvalue weighted by molar-refractivity contribution is -0.280. The molecule has 11 atom stereocenters. The molecule has 2 unspecified atom stereocenters. The van der Waals surface area contributed by atoms with Gasteiger partial charge in [0, 0.05) is 6.20 Å².